The van der Waals surface area contributed by atoms with Gasteiger partial charge in [-0.2, -0.15) is 0 Å². The van der Waals surface area contributed by atoms with Crippen LogP contribution in [0, 0.1) is 33.0 Å². The van der Waals surface area contributed by atoms with Crippen molar-refractivity contribution in [3.63, 3.8) is 0 Å². The molecule has 4 unspecified atom stereocenters. The van der Waals surface area contributed by atoms with Crippen LogP contribution >= 0.6 is 0 Å². The molecule has 0 saturated carbocycles. The maximum atomic E-state index is 12.8. The fourth-order valence-corrected chi connectivity index (χ4v) is 5.97. The van der Waals surface area contributed by atoms with Gasteiger partial charge in [0.15, 0.2) is 0 Å². The summed E-state index contributed by atoms with van der Waals surface area (Å²) in [5, 5.41) is 3.20. The van der Waals surface area contributed by atoms with E-state index in [-0.39, 0.29) is 57.0 Å². The average molecular weight is 480 g/mol. The summed E-state index contributed by atoms with van der Waals surface area (Å²) >= 11 is 0. The highest BCUT2D eigenvalue weighted by molar-refractivity contribution is 5.78. The van der Waals surface area contributed by atoms with Crippen molar-refractivity contribution in [1.82, 2.24) is 10.2 Å². The molecule has 2 amide bonds. The van der Waals surface area contributed by atoms with Crippen molar-refractivity contribution in [2.45, 2.75) is 134 Å². The first-order valence-corrected chi connectivity index (χ1v) is 13.3. The third kappa shape index (κ3) is 6.98. The molecule has 1 rings (SSSR count). The first-order chi connectivity index (χ1) is 15.1. The van der Waals surface area contributed by atoms with Crippen molar-refractivity contribution >= 4 is 12.3 Å². The molecule has 3 N–H and O–H groups in total. The highest BCUT2D eigenvalue weighted by atomic mass is 16.2. The van der Waals surface area contributed by atoms with Gasteiger partial charge in [0.05, 0.1) is 0 Å². The van der Waals surface area contributed by atoms with Gasteiger partial charge in [-0.05, 0) is 52.3 Å². The maximum Gasteiger partial charge on any atom is 0.222 e. The van der Waals surface area contributed by atoms with E-state index in [0.29, 0.717) is 6.42 Å². The third-order valence-corrected chi connectivity index (χ3v) is 9.38. The first kappa shape index (κ1) is 30.9. The lowest BCUT2D eigenvalue weighted by atomic mass is 9.54. The molecule has 1 aliphatic rings. The number of hydrogen-bond donors (Lipinski definition) is 2. The van der Waals surface area contributed by atoms with Crippen LogP contribution in [-0.4, -0.2) is 41.9 Å². The zero-order valence-electron chi connectivity index (χ0n) is 24.8. The number of nitrogens with zero attached hydrogens (tertiary/aromatic N) is 1. The van der Waals surface area contributed by atoms with Crippen LogP contribution in [-0.2, 0) is 9.59 Å². The molecule has 34 heavy (non-hydrogen) atoms. The SMILES string of the molecule is CC(C(CC(C)(C)C)N1CCCC1=O)C(C)(C)CC(NC=O)C(C)(C)C(C)(C)C(N)C(C)(C)C. The van der Waals surface area contributed by atoms with Crippen LogP contribution in [0.4, 0.5) is 0 Å². The largest absolute Gasteiger partial charge is 0.355 e. The topological polar surface area (TPSA) is 75.4 Å². The number of nitrogens with two attached hydrogens (primary N) is 1. The number of carbonyl (C=O) groups excluding carboxylic acids is 2. The van der Waals surface area contributed by atoms with Crippen molar-refractivity contribution in [1.29, 1.82) is 0 Å². The molecular weight excluding hydrogens is 422 g/mol. The summed E-state index contributed by atoms with van der Waals surface area (Å²) in [7, 11) is 0. The molecule has 0 aromatic carbocycles. The number of likely N-dealkylation sites (tertiary alicyclic amines) is 1. The summed E-state index contributed by atoms with van der Waals surface area (Å²) in [5.74, 6) is 0.567. The van der Waals surface area contributed by atoms with E-state index < -0.39 is 0 Å². The summed E-state index contributed by atoms with van der Waals surface area (Å²) in [6, 6.07) is 0.104. The molecular formula is C29H57N3O2. The van der Waals surface area contributed by atoms with Crippen molar-refractivity contribution < 1.29 is 9.59 Å². The number of nitrogens with one attached hydrogen (secondary N) is 1. The molecule has 0 bridgehead atoms. The molecule has 4 atom stereocenters. The van der Waals surface area contributed by atoms with Gasteiger partial charge in [-0.1, -0.05) is 90.0 Å². The zero-order chi connectivity index (χ0) is 26.9. The third-order valence-electron chi connectivity index (χ3n) is 9.38. The van der Waals surface area contributed by atoms with Gasteiger partial charge >= 0.3 is 0 Å². The monoisotopic (exact) mass is 479 g/mol. The van der Waals surface area contributed by atoms with Gasteiger partial charge in [0.2, 0.25) is 12.3 Å². The Morgan fingerprint density at radius 1 is 0.941 bits per heavy atom. The van der Waals surface area contributed by atoms with Crippen molar-refractivity contribution in [3.05, 3.63) is 0 Å². The van der Waals surface area contributed by atoms with Gasteiger partial charge in [-0.15, -0.1) is 0 Å². The quantitative estimate of drug-likeness (QED) is 0.357. The molecule has 5 heteroatoms. The molecule has 5 nitrogen and oxygen atoms in total. The van der Waals surface area contributed by atoms with E-state index in [1.807, 2.05) is 0 Å². The number of hydrogen-bond acceptors (Lipinski definition) is 3. The molecule has 1 saturated heterocycles. The van der Waals surface area contributed by atoms with Crippen molar-refractivity contribution in [2.24, 2.45) is 38.7 Å². The van der Waals surface area contributed by atoms with E-state index in [9.17, 15) is 9.59 Å². The number of rotatable bonds is 11. The molecule has 1 fully saturated rings. The zero-order valence-corrected chi connectivity index (χ0v) is 24.8. The Hall–Kier alpha value is -1.10. The fraction of sp³-hybridized carbons (Fsp3) is 0.931. The van der Waals surface area contributed by atoms with Gasteiger partial charge in [0.25, 0.3) is 0 Å². The number of amides is 2. The predicted molar refractivity (Wildman–Crippen MR) is 144 cm³/mol. The molecule has 0 aliphatic carbocycles. The molecule has 0 spiro atoms. The van der Waals surface area contributed by atoms with Gasteiger partial charge in [-0.3, -0.25) is 9.59 Å². The van der Waals surface area contributed by atoms with Gasteiger partial charge in [0.1, 0.15) is 0 Å². The highest BCUT2D eigenvalue weighted by Crippen LogP contribution is 2.51. The lowest BCUT2D eigenvalue weighted by Crippen LogP contribution is -2.60. The van der Waals surface area contributed by atoms with E-state index in [2.05, 4.69) is 100 Å². The van der Waals surface area contributed by atoms with Gasteiger partial charge in [0, 0.05) is 31.1 Å². The van der Waals surface area contributed by atoms with Gasteiger partial charge in [-0.25, -0.2) is 0 Å². The summed E-state index contributed by atoms with van der Waals surface area (Å²) < 4.78 is 0. The molecule has 1 aliphatic heterocycles. The van der Waals surface area contributed by atoms with E-state index in [1.165, 1.54) is 0 Å². The van der Waals surface area contributed by atoms with Crippen LogP contribution in [0.25, 0.3) is 0 Å². The van der Waals surface area contributed by atoms with Gasteiger partial charge < -0.3 is 16.0 Å². The lowest BCUT2D eigenvalue weighted by molar-refractivity contribution is -0.132. The normalized spacial score (nSPS) is 20.2. The van der Waals surface area contributed by atoms with Crippen LogP contribution in [0.3, 0.4) is 0 Å². The van der Waals surface area contributed by atoms with Crippen molar-refractivity contribution in [3.8, 4) is 0 Å². The van der Waals surface area contributed by atoms with Crippen LogP contribution in [0.15, 0.2) is 0 Å². The summed E-state index contributed by atoms with van der Waals surface area (Å²) in [5.41, 5.74) is 6.33. The Morgan fingerprint density at radius 2 is 1.47 bits per heavy atom. The smallest absolute Gasteiger partial charge is 0.222 e. The van der Waals surface area contributed by atoms with E-state index in [4.69, 9.17) is 5.73 Å². The molecule has 0 aromatic heterocycles. The summed E-state index contributed by atoms with van der Waals surface area (Å²) in [4.78, 5) is 26.7. The van der Waals surface area contributed by atoms with Crippen molar-refractivity contribution in [2.75, 3.05) is 6.54 Å². The molecule has 200 valence electrons. The van der Waals surface area contributed by atoms with E-state index in [0.717, 1.165) is 32.2 Å². The minimum Gasteiger partial charge on any atom is -0.355 e. The molecule has 0 radical (unpaired) electrons. The van der Waals surface area contributed by atoms with E-state index >= 15 is 0 Å². The number of carbonyl (C=O) groups is 2. The summed E-state index contributed by atoms with van der Waals surface area (Å²) in [6.07, 6.45) is 4.26. The minimum absolute atomic E-state index is 0.0395. The standard InChI is InChI=1S/C29H57N3O2/c1-20(21(17-25(2,3)4)32-16-14-15-23(32)34)27(8,9)18-22(31-19-33)28(10,11)29(12,13)24(30)26(5,6)7/h19-22,24H,14-18,30H2,1-13H3,(H,31,33). The second kappa shape index (κ2) is 10.5. The van der Waals surface area contributed by atoms with Crippen LogP contribution < -0.4 is 11.1 Å². The second-order valence-corrected chi connectivity index (χ2v) is 15.1. The lowest BCUT2D eigenvalue weighted by Gasteiger charge is -2.55. The molecule has 0 aromatic rings. The first-order valence-electron chi connectivity index (χ1n) is 13.3. The average Bonchev–Trinajstić information content (AvgIpc) is 3.08. The van der Waals surface area contributed by atoms with Crippen LogP contribution in [0.5, 0.6) is 0 Å². The van der Waals surface area contributed by atoms with Crippen LogP contribution in [0.1, 0.15) is 116 Å². The van der Waals surface area contributed by atoms with E-state index in [1.54, 1.807) is 0 Å². The Labute approximate surface area is 211 Å². The Balaban J connectivity index is 3.33. The van der Waals surface area contributed by atoms with Crippen LogP contribution in [0.2, 0.25) is 0 Å². The maximum absolute atomic E-state index is 12.8. The Bertz CT molecular complexity index is 697. The Morgan fingerprint density at radius 3 is 1.85 bits per heavy atom. The Kier molecular flexibility index (Phi) is 9.54. The fourth-order valence-electron chi connectivity index (χ4n) is 5.97. The summed E-state index contributed by atoms with van der Waals surface area (Å²) in [6.45, 7) is 30.1. The second-order valence-electron chi connectivity index (χ2n) is 15.1. The highest BCUT2D eigenvalue weighted by Gasteiger charge is 2.51. The predicted octanol–water partition coefficient (Wildman–Crippen LogP) is 6.01. The minimum atomic E-state index is -0.249. The molecule has 1 heterocycles.